The van der Waals surface area contributed by atoms with Crippen molar-refractivity contribution in [2.45, 2.75) is 25.6 Å². The number of nitrogens with one attached hydrogen (secondary N) is 3. The van der Waals surface area contributed by atoms with E-state index in [9.17, 15) is 22.8 Å². The van der Waals surface area contributed by atoms with Gasteiger partial charge in [-0.2, -0.15) is 13.2 Å². The number of alkyl halides is 3. The summed E-state index contributed by atoms with van der Waals surface area (Å²) in [5, 5.41) is 10.4. The van der Waals surface area contributed by atoms with Crippen LogP contribution in [0.5, 0.6) is 0 Å². The monoisotopic (exact) mass is 367 g/mol. The van der Waals surface area contributed by atoms with Gasteiger partial charge in [0.25, 0.3) is 5.82 Å². The number of aromatic amines is 1. The van der Waals surface area contributed by atoms with Crippen molar-refractivity contribution in [3.05, 3.63) is 54.1 Å². The van der Waals surface area contributed by atoms with Crippen LogP contribution in [0.3, 0.4) is 0 Å². The van der Waals surface area contributed by atoms with E-state index in [1.165, 1.54) is 6.92 Å². The van der Waals surface area contributed by atoms with Crippen molar-refractivity contribution in [1.82, 2.24) is 20.5 Å². The molecule has 3 N–H and O–H groups in total. The third-order valence-electron chi connectivity index (χ3n) is 3.32. The number of hydrogen-bond acceptors (Lipinski definition) is 4. The molecule has 0 bridgehead atoms. The van der Waals surface area contributed by atoms with Crippen LogP contribution in [0.4, 0.5) is 18.9 Å². The number of rotatable bonds is 6. The average Bonchev–Trinajstić information content (AvgIpc) is 3.07. The number of carbonyl (C=O) groups excluding carboxylic acids is 2. The molecule has 0 aliphatic carbocycles. The fraction of sp³-hybridized carbons (Fsp3) is 0.250. The van der Waals surface area contributed by atoms with Gasteiger partial charge < -0.3 is 10.6 Å². The molecule has 2 rings (SSSR count). The molecule has 0 saturated carbocycles. The second kappa shape index (κ2) is 7.81. The van der Waals surface area contributed by atoms with Crippen molar-refractivity contribution in [2.75, 3.05) is 5.32 Å². The zero-order valence-corrected chi connectivity index (χ0v) is 13.7. The van der Waals surface area contributed by atoms with E-state index in [4.69, 9.17) is 0 Å². The van der Waals surface area contributed by atoms with Gasteiger partial charge in [0, 0.05) is 5.69 Å². The third-order valence-corrected chi connectivity index (χ3v) is 3.32. The highest BCUT2D eigenvalue weighted by molar-refractivity contribution is 5.98. The van der Waals surface area contributed by atoms with Gasteiger partial charge >= 0.3 is 6.18 Å². The Labute approximate surface area is 146 Å². The zero-order valence-electron chi connectivity index (χ0n) is 13.7. The average molecular weight is 367 g/mol. The van der Waals surface area contributed by atoms with Gasteiger partial charge in [-0.3, -0.25) is 14.7 Å². The summed E-state index contributed by atoms with van der Waals surface area (Å²) in [6.07, 6.45) is -3.50. The summed E-state index contributed by atoms with van der Waals surface area (Å²) in [5.74, 6) is -2.13. The second-order valence-electron chi connectivity index (χ2n) is 5.40. The normalized spacial score (nSPS) is 12.3. The highest BCUT2D eigenvalue weighted by Crippen LogP contribution is 2.26. The first-order chi connectivity index (χ1) is 12.2. The number of hydrogen-bond donors (Lipinski definition) is 3. The van der Waals surface area contributed by atoms with Crippen LogP contribution in [0.1, 0.15) is 30.2 Å². The number of aromatic nitrogens is 3. The van der Waals surface area contributed by atoms with Crippen LogP contribution < -0.4 is 10.6 Å². The van der Waals surface area contributed by atoms with Crippen LogP contribution in [0.15, 0.2) is 36.9 Å². The first-order valence-corrected chi connectivity index (χ1v) is 7.50. The van der Waals surface area contributed by atoms with Crippen LogP contribution in [0.2, 0.25) is 0 Å². The number of H-pyrrole nitrogens is 1. The van der Waals surface area contributed by atoms with Gasteiger partial charge in [-0.1, -0.05) is 18.7 Å². The molecule has 0 aliphatic heterocycles. The molecule has 1 aromatic carbocycles. The highest BCUT2D eigenvalue weighted by Gasteiger charge is 2.36. The maximum Gasteiger partial charge on any atom is 0.453 e. The SMILES string of the molecule is C=CC(=O)Nc1ccc(CC(=O)NC(C)c2nc(C(F)(F)F)n[nH]2)cc1. The molecule has 0 fully saturated rings. The molecule has 2 aromatic rings. The molecule has 0 spiro atoms. The van der Waals surface area contributed by atoms with E-state index in [0.717, 1.165) is 6.08 Å². The molecule has 138 valence electrons. The molecule has 26 heavy (non-hydrogen) atoms. The Morgan fingerprint density at radius 1 is 1.31 bits per heavy atom. The summed E-state index contributed by atoms with van der Waals surface area (Å²) in [7, 11) is 0. The van der Waals surface area contributed by atoms with Gasteiger partial charge in [-0.25, -0.2) is 4.98 Å². The predicted molar refractivity (Wildman–Crippen MR) is 86.9 cm³/mol. The molecule has 1 unspecified atom stereocenters. The van der Waals surface area contributed by atoms with Gasteiger partial charge in [0.05, 0.1) is 12.5 Å². The lowest BCUT2D eigenvalue weighted by Crippen LogP contribution is -2.28. The van der Waals surface area contributed by atoms with Crippen molar-refractivity contribution in [1.29, 1.82) is 0 Å². The summed E-state index contributed by atoms with van der Waals surface area (Å²) in [4.78, 5) is 26.6. The van der Waals surface area contributed by atoms with E-state index in [2.05, 4.69) is 32.4 Å². The standard InChI is InChI=1S/C16H16F3N5O2/c1-3-12(25)21-11-6-4-10(5-7-11)8-13(26)20-9(2)14-22-15(24-23-14)16(17,18)19/h3-7,9H,1,8H2,2H3,(H,20,26)(H,21,25)(H,22,23,24). The minimum absolute atomic E-state index is 0.0142. The Morgan fingerprint density at radius 3 is 2.50 bits per heavy atom. The summed E-state index contributed by atoms with van der Waals surface area (Å²) in [6, 6.07) is 5.79. The van der Waals surface area contributed by atoms with Crippen molar-refractivity contribution < 1.29 is 22.8 Å². The molecule has 10 heteroatoms. The summed E-state index contributed by atoms with van der Waals surface area (Å²) in [5.41, 5.74) is 1.22. The van der Waals surface area contributed by atoms with Gasteiger partial charge in [0.1, 0.15) is 5.82 Å². The van der Waals surface area contributed by atoms with E-state index < -0.39 is 23.9 Å². The number of anilines is 1. The maximum atomic E-state index is 12.5. The summed E-state index contributed by atoms with van der Waals surface area (Å²) < 4.78 is 37.5. The molecule has 0 aliphatic rings. The Kier molecular flexibility index (Phi) is 5.75. The lowest BCUT2D eigenvalue weighted by atomic mass is 10.1. The predicted octanol–water partition coefficient (Wildman–Crippen LogP) is 2.37. The van der Waals surface area contributed by atoms with E-state index in [0.29, 0.717) is 11.3 Å². The first-order valence-electron chi connectivity index (χ1n) is 7.50. The van der Waals surface area contributed by atoms with Crippen molar-refractivity contribution >= 4 is 17.5 Å². The Hall–Kier alpha value is -3.17. The number of benzene rings is 1. The number of amides is 2. The van der Waals surface area contributed by atoms with Crippen LogP contribution in [0.25, 0.3) is 0 Å². The molecular weight excluding hydrogens is 351 g/mol. The number of nitrogens with zero attached hydrogens (tertiary/aromatic N) is 2. The van der Waals surface area contributed by atoms with Crippen LogP contribution in [-0.2, 0) is 22.2 Å². The van der Waals surface area contributed by atoms with Crippen molar-refractivity contribution in [3.63, 3.8) is 0 Å². The zero-order chi connectivity index (χ0) is 19.3. The van der Waals surface area contributed by atoms with E-state index >= 15 is 0 Å². The van der Waals surface area contributed by atoms with E-state index in [1.807, 2.05) is 0 Å². The Balaban J connectivity index is 1.92. The largest absolute Gasteiger partial charge is 0.453 e. The summed E-state index contributed by atoms with van der Waals surface area (Å²) >= 11 is 0. The molecule has 0 radical (unpaired) electrons. The molecular formula is C16H16F3N5O2. The molecule has 7 nitrogen and oxygen atoms in total. The highest BCUT2D eigenvalue weighted by atomic mass is 19.4. The van der Waals surface area contributed by atoms with Crippen LogP contribution >= 0.6 is 0 Å². The Bertz CT molecular complexity index is 799. The number of halogens is 3. The fourth-order valence-electron chi connectivity index (χ4n) is 2.04. The van der Waals surface area contributed by atoms with Gasteiger partial charge in [-0.05, 0) is 30.7 Å². The minimum Gasteiger partial charge on any atom is -0.346 e. The smallest absolute Gasteiger partial charge is 0.346 e. The summed E-state index contributed by atoms with van der Waals surface area (Å²) in [6.45, 7) is 4.83. The molecule has 1 heterocycles. The quantitative estimate of drug-likeness (QED) is 0.683. The lowest BCUT2D eigenvalue weighted by molar-refractivity contribution is -0.144. The molecule has 2 amide bonds. The van der Waals surface area contributed by atoms with Gasteiger partial charge in [-0.15, -0.1) is 5.10 Å². The first kappa shape index (κ1) is 19.2. The third kappa shape index (κ3) is 5.16. The Morgan fingerprint density at radius 2 is 1.96 bits per heavy atom. The van der Waals surface area contributed by atoms with Crippen LogP contribution in [0, 0.1) is 0 Å². The lowest BCUT2D eigenvalue weighted by Gasteiger charge is -2.11. The minimum atomic E-state index is -4.65. The van der Waals surface area contributed by atoms with Crippen molar-refractivity contribution in [3.8, 4) is 0 Å². The maximum absolute atomic E-state index is 12.5. The molecule has 1 atom stereocenters. The van der Waals surface area contributed by atoms with Crippen molar-refractivity contribution in [2.24, 2.45) is 0 Å². The topological polar surface area (TPSA) is 99.8 Å². The fourth-order valence-corrected chi connectivity index (χ4v) is 2.04. The van der Waals surface area contributed by atoms with E-state index in [-0.39, 0.29) is 18.2 Å². The van der Waals surface area contributed by atoms with Crippen LogP contribution in [-0.4, -0.2) is 27.0 Å². The second-order valence-corrected chi connectivity index (χ2v) is 5.40. The van der Waals surface area contributed by atoms with Gasteiger partial charge in [0.2, 0.25) is 11.8 Å². The van der Waals surface area contributed by atoms with E-state index in [1.54, 1.807) is 24.3 Å². The molecule has 0 saturated heterocycles. The molecule has 1 aromatic heterocycles. The number of carbonyl (C=O) groups is 2. The van der Waals surface area contributed by atoms with Gasteiger partial charge in [0.15, 0.2) is 0 Å².